The maximum atomic E-state index is 5.91. The van der Waals surface area contributed by atoms with Crippen LogP contribution in [-0.2, 0) is 0 Å². The molecule has 1 aliphatic heterocycles. The largest absolute Gasteiger partial charge is 0.328 e. The van der Waals surface area contributed by atoms with Crippen molar-refractivity contribution in [3.63, 3.8) is 0 Å². The lowest BCUT2D eigenvalue weighted by Gasteiger charge is -2.35. The number of hydrogen-bond acceptors (Lipinski definition) is 2. The van der Waals surface area contributed by atoms with E-state index in [1.165, 1.54) is 5.56 Å². The van der Waals surface area contributed by atoms with Crippen molar-refractivity contribution in [2.75, 3.05) is 13.1 Å². The quantitative estimate of drug-likeness (QED) is 0.859. The maximum absolute atomic E-state index is 5.91. The van der Waals surface area contributed by atoms with E-state index in [4.69, 9.17) is 17.3 Å². The van der Waals surface area contributed by atoms with Gasteiger partial charge in [0.1, 0.15) is 0 Å². The summed E-state index contributed by atoms with van der Waals surface area (Å²) < 4.78 is 0. The molecule has 0 aromatic heterocycles. The zero-order chi connectivity index (χ0) is 11.5. The number of halogens is 1. The molecule has 0 unspecified atom stereocenters. The van der Waals surface area contributed by atoms with Gasteiger partial charge < -0.3 is 5.73 Å². The van der Waals surface area contributed by atoms with Crippen molar-refractivity contribution in [2.24, 2.45) is 5.73 Å². The molecule has 2 rings (SSSR count). The molecule has 1 aromatic rings. The van der Waals surface area contributed by atoms with Crippen molar-refractivity contribution < 1.29 is 0 Å². The molecule has 1 heterocycles. The van der Waals surface area contributed by atoms with E-state index in [-0.39, 0.29) is 0 Å². The van der Waals surface area contributed by atoms with Crippen LogP contribution >= 0.6 is 11.6 Å². The Morgan fingerprint density at radius 2 is 1.81 bits per heavy atom. The number of rotatable bonds is 2. The molecular weight excluding hydrogens is 220 g/mol. The van der Waals surface area contributed by atoms with Gasteiger partial charge in [0.15, 0.2) is 0 Å². The Morgan fingerprint density at radius 1 is 1.25 bits per heavy atom. The molecule has 1 atom stereocenters. The third-order valence-corrected chi connectivity index (χ3v) is 3.73. The second-order valence-corrected chi connectivity index (χ2v) is 5.04. The van der Waals surface area contributed by atoms with E-state index in [0.717, 1.165) is 31.0 Å². The molecule has 88 valence electrons. The Hall–Kier alpha value is -0.570. The number of benzene rings is 1. The fourth-order valence-electron chi connectivity index (χ4n) is 2.26. The van der Waals surface area contributed by atoms with E-state index in [1.807, 2.05) is 12.1 Å². The van der Waals surface area contributed by atoms with E-state index in [1.54, 1.807) is 0 Å². The molecule has 2 N–H and O–H groups in total. The van der Waals surface area contributed by atoms with Gasteiger partial charge in [-0.05, 0) is 37.5 Å². The van der Waals surface area contributed by atoms with Gasteiger partial charge in [-0.3, -0.25) is 4.90 Å². The van der Waals surface area contributed by atoms with Gasteiger partial charge in [0.25, 0.3) is 0 Å². The summed E-state index contributed by atoms with van der Waals surface area (Å²) in [7, 11) is 0. The number of piperidine rings is 1. The van der Waals surface area contributed by atoms with E-state index < -0.39 is 0 Å². The first-order valence-electron chi connectivity index (χ1n) is 5.92. The van der Waals surface area contributed by atoms with Crippen molar-refractivity contribution in [1.29, 1.82) is 0 Å². The summed E-state index contributed by atoms with van der Waals surface area (Å²) in [6, 6.07) is 9.01. The van der Waals surface area contributed by atoms with E-state index in [0.29, 0.717) is 12.1 Å². The van der Waals surface area contributed by atoms with Gasteiger partial charge in [0.2, 0.25) is 0 Å². The highest BCUT2D eigenvalue weighted by molar-refractivity contribution is 6.30. The topological polar surface area (TPSA) is 29.3 Å². The number of hydrogen-bond donors (Lipinski definition) is 1. The van der Waals surface area contributed by atoms with Crippen LogP contribution in [-0.4, -0.2) is 24.0 Å². The van der Waals surface area contributed by atoms with Gasteiger partial charge in [-0.15, -0.1) is 0 Å². The number of likely N-dealkylation sites (tertiary alicyclic amines) is 1. The fourth-order valence-corrected chi connectivity index (χ4v) is 2.38. The Bertz CT molecular complexity index is 328. The lowest BCUT2D eigenvalue weighted by atomic mass is 10.0. The molecule has 0 aliphatic carbocycles. The SMILES string of the molecule is C[C@@H](c1ccc(Cl)cc1)N1CCC(N)CC1. The average Bonchev–Trinajstić information content (AvgIpc) is 2.30. The Kier molecular flexibility index (Phi) is 3.85. The summed E-state index contributed by atoms with van der Waals surface area (Å²) in [6.45, 7) is 4.45. The van der Waals surface area contributed by atoms with Crippen molar-refractivity contribution in [1.82, 2.24) is 4.90 Å². The van der Waals surface area contributed by atoms with Crippen molar-refractivity contribution in [3.05, 3.63) is 34.9 Å². The minimum Gasteiger partial charge on any atom is -0.328 e. The van der Waals surface area contributed by atoms with E-state index >= 15 is 0 Å². The number of nitrogens with zero attached hydrogens (tertiary/aromatic N) is 1. The molecule has 1 saturated heterocycles. The van der Waals surface area contributed by atoms with Crippen LogP contribution in [0.15, 0.2) is 24.3 Å². The summed E-state index contributed by atoms with van der Waals surface area (Å²) in [5, 5.41) is 0.802. The Morgan fingerprint density at radius 3 is 2.38 bits per heavy atom. The first-order chi connectivity index (χ1) is 7.66. The van der Waals surface area contributed by atoms with Gasteiger partial charge in [-0.2, -0.15) is 0 Å². The Labute approximate surface area is 102 Å². The Balaban J connectivity index is 2.01. The lowest BCUT2D eigenvalue weighted by molar-refractivity contribution is 0.163. The van der Waals surface area contributed by atoms with Crippen LogP contribution < -0.4 is 5.73 Å². The summed E-state index contributed by atoms with van der Waals surface area (Å²) in [4.78, 5) is 2.49. The average molecular weight is 239 g/mol. The highest BCUT2D eigenvalue weighted by Gasteiger charge is 2.21. The molecule has 1 aliphatic rings. The second-order valence-electron chi connectivity index (χ2n) is 4.60. The van der Waals surface area contributed by atoms with Gasteiger partial charge >= 0.3 is 0 Å². The minimum absolute atomic E-state index is 0.397. The van der Waals surface area contributed by atoms with Crippen molar-refractivity contribution >= 4 is 11.6 Å². The molecule has 3 heteroatoms. The molecular formula is C13H19ClN2. The molecule has 0 bridgehead atoms. The van der Waals surface area contributed by atoms with Crippen molar-refractivity contribution in [3.8, 4) is 0 Å². The molecule has 1 fully saturated rings. The summed E-state index contributed by atoms with van der Waals surface area (Å²) in [5.41, 5.74) is 7.24. The zero-order valence-electron chi connectivity index (χ0n) is 9.70. The van der Waals surface area contributed by atoms with Crippen LogP contribution in [0.25, 0.3) is 0 Å². The van der Waals surface area contributed by atoms with E-state index in [9.17, 15) is 0 Å². The first kappa shape index (κ1) is 11.9. The van der Waals surface area contributed by atoms with Crippen LogP contribution in [0.1, 0.15) is 31.4 Å². The van der Waals surface area contributed by atoms with Gasteiger partial charge in [-0.1, -0.05) is 23.7 Å². The lowest BCUT2D eigenvalue weighted by Crippen LogP contribution is -2.40. The molecule has 0 amide bonds. The third-order valence-electron chi connectivity index (χ3n) is 3.47. The fraction of sp³-hybridized carbons (Fsp3) is 0.538. The zero-order valence-corrected chi connectivity index (χ0v) is 10.5. The summed E-state index contributed by atoms with van der Waals surface area (Å²) in [6.07, 6.45) is 2.22. The van der Waals surface area contributed by atoms with Crippen molar-refractivity contribution in [2.45, 2.75) is 31.8 Å². The van der Waals surface area contributed by atoms with Crippen LogP contribution in [0.2, 0.25) is 5.02 Å². The third kappa shape index (κ3) is 2.76. The standard InChI is InChI=1S/C13H19ClN2/c1-10(11-2-4-12(14)5-3-11)16-8-6-13(15)7-9-16/h2-5,10,13H,6-9,15H2,1H3/t10-/m0/s1. The predicted octanol–water partition coefficient (Wildman–Crippen LogP) is 2.82. The second kappa shape index (κ2) is 5.17. The van der Waals surface area contributed by atoms with Crippen LogP contribution in [0.5, 0.6) is 0 Å². The predicted molar refractivity (Wildman–Crippen MR) is 68.6 cm³/mol. The summed E-state index contributed by atoms with van der Waals surface area (Å²) >= 11 is 5.89. The van der Waals surface area contributed by atoms with Crippen LogP contribution in [0, 0.1) is 0 Å². The monoisotopic (exact) mass is 238 g/mol. The van der Waals surface area contributed by atoms with Gasteiger partial charge in [-0.25, -0.2) is 0 Å². The highest BCUT2D eigenvalue weighted by atomic mass is 35.5. The number of nitrogens with two attached hydrogens (primary N) is 1. The molecule has 0 radical (unpaired) electrons. The van der Waals surface area contributed by atoms with Gasteiger partial charge in [0.05, 0.1) is 0 Å². The maximum Gasteiger partial charge on any atom is 0.0406 e. The molecule has 0 spiro atoms. The molecule has 16 heavy (non-hydrogen) atoms. The summed E-state index contributed by atoms with van der Waals surface area (Å²) in [5.74, 6) is 0. The smallest absolute Gasteiger partial charge is 0.0406 e. The highest BCUT2D eigenvalue weighted by Crippen LogP contribution is 2.24. The van der Waals surface area contributed by atoms with Crippen LogP contribution in [0.4, 0.5) is 0 Å². The van der Waals surface area contributed by atoms with Gasteiger partial charge in [0, 0.05) is 30.2 Å². The molecule has 0 saturated carbocycles. The normalized spacial score (nSPS) is 20.9. The minimum atomic E-state index is 0.397. The van der Waals surface area contributed by atoms with Crippen LogP contribution in [0.3, 0.4) is 0 Å². The van der Waals surface area contributed by atoms with E-state index in [2.05, 4.69) is 24.0 Å². The first-order valence-corrected chi connectivity index (χ1v) is 6.29. The molecule has 2 nitrogen and oxygen atoms in total. The molecule has 1 aromatic carbocycles.